The van der Waals surface area contributed by atoms with E-state index < -0.39 is 36.3 Å². The third-order valence-corrected chi connectivity index (χ3v) is 1.92. The van der Waals surface area contributed by atoms with E-state index in [0.717, 1.165) is 12.1 Å². The van der Waals surface area contributed by atoms with Gasteiger partial charge in [-0.1, -0.05) is 0 Å². The molecular formula is C10H10F2N2O4. The summed E-state index contributed by atoms with van der Waals surface area (Å²) in [5.41, 5.74) is -0.265. The van der Waals surface area contributed by atoms with Crippen molar-refractivity contribution in [2.45, 2.75) is 6.10 Å². The van der Waals surface area contributed by atoms with Gasteiger partial charge in [-0.15, -0.1) is 0 Å². The summed E-state index contributed by atoms with van der Waals surface area (Å²) in [6, 6.07) is 1.63. The van der Waals surface area contributed by atoms with E-state index in [-0.39, 0.29) is 5.69 Å². The van der Waals surface area contributed by atoms with E-state index in [1.165, 1.54) is 0 Å². The summed E-state index contributed by atoms with van der Waals surface area (Å²) in [5, 5.41) is 21.3. The Balaban J connectivity index is 2.52. The third kappa shape index (κ3) is 3.98. The van der Waals surface area contributed by atoms with Gasteiger partial charge in [0, 0.05) is 6.07 Å². The van der Waals surface area contributed by atoms with Gasteiger partial charge in [0.2, 0.25) is 0 Å². The van der Waals surface area contributed by atoms with Gasteiger partial charge in [-0.2, -0.15) is 0 Å². The summed E-state index contributed by atoms with van der Waals surface area (Å²) < 4.78 is 25.7. The molecule has 0 heterocycles. The SMILES string of the molecule is O=C(NC[C@H](O)C(=O)O)Nc1ccc(F)cc1F. The van der Waals surface area contributed by atoms with Gasteiger partial charge >= 0.3 is 12.0 Å². The van der Waals surface area contributed by atoms with E-state index in [1.807, 2.05) is 10.6 Å². The van der Waals surface area contributed by atoms with Crippen molar-refractivity contribution >= 4 is 17.7 Å². The van der Waals surface area contributed by atoms with Gasteiger partial charge in [0.1, 0.15) is 11.6 Å². The fourth-order valence-corrected chi connectivity index (χ4v) is 1.03. The molecule has 0 saturated heterocycles. The van der Waals surface area contributed by atoms with Crippen LogP contribution in [-0.4, -0.2) is 34.9 Å². The van der Waals surface area contributed by atoms with Gasteiger partial charge in [0.05, 0.1) is 12.2 Å². The number of benzene rings is 1. The standard InChI is InChI=1S/C10H10F2N2O4/c11-5-1-2-7(6(12)3-5)14-10(18)13-4-8(15)9(16)17/h1-3,8,15H,4H2,(H,16,17)(H2,13,14,18)/t8-/m0/s1. The topological polar surface area (TPSA) is 98.7 Å². The molecule has 0 fully saturated rings. The Morgan fingerprint density at radius 1 is 1.33 bits per heavy atom. The van der Waals surface area contributed by atoms with Crippen LogP contribution in [0.5, 0.6) is 0 Å². The fourth-order valence-electron chi connectivity index (χ4n) is 1.03. The van der Waals surface area contributed by atoms with Gasteiger partial charge in [0.15, 0.2) is 6.10 Å². The molecule has 1 atom stereocenters. The average molecular weight is 260 g/mol. The fraction of sp³-hybridized carbons (Fsp3) is 0.200. The van der Waals surface area contributed by atoms with E-state index in [9.17, 15) is 18.4 Å². The number of aliphatic carboxylic acids is 1. The monoisotopic (exact) mass is 260 g/mol. The van der Waals surface area contributed by atoms with Crippen molar-refractivity contribution in [3.8, 4) is 0 Å². The first-order valence-corrected chi connectivity index (χ1v) is 4.81. The number of hydrogen-bond acceptors (Lipinski definition) is 3. The number of hydrogen-bond donors (Lipinski definition) is 4. The van der Waals surface area contributed by atoms with E-state index >= 15 is 0 Å². The number of amides is 2. The molecule has 2 amide bonds. The van der Waals surface area contributed by atoms with Gasteiger partial charge in [-0.05, 0) is 12.1 Å². The first-order valence-electron chi connectivity index (χ1n) is 4.81. The summed E-state index contributed by atoms with van der Waals surface area (Å²) in [5.74, 6) is -3.26. The predicted octanol–water partition coefficient (Wildman–Crippen LogP) is 0.532. The number of anilines is 1. The van der Waals surface area contributed by atoms with Gasteiger partial charge in [-0.25, -0.2) is 18.4 Å². The minimum absolute atomic E-state index is 0.265. The highest BCUT2D eigenvalue weighted by atomic mass is 19.1. The number of aliphatic hydroxyl groups excluding tert-OH is 1. The largest absolute Gasteiger partial charge is 0.479 e. The summed E-state index contributed by atoms with van der Waals surface area (Å²) in [6.45, 7) is -0.538. The van der Waals surface area contributed by atoms with E-state index in [2.05, 4.69) is 0 Å². The normalized spacial score (nSPS) is 11.7. The second-order valence-electron chi connectivity index (χ2n) is 3.31. The molecule has 0 bridgehead atoms. The number of carbonyl (C=O) groups excluding carboxylic acids is 1. The number of nitrogens with one attached hydrogen (secondary N) is 2. The molecule has 8 heteroatoms. The number of rotatable bonds is 4. The zero-order valence-electron chi connectivity index (χ0n) is 8.98. The van der Waals surface area contributed by atoms with Crippen molar-refractivity contribution in [3.63, 3.8) is 0 Å². The molecule has 0 aliphatic carbocycles. The minimum Gasteiger partial charge on any atom is -0.479 e. The molecule has 0 spiro atoms. The van der Waals surface area contributed by atoms with E-state index in [0.29, 0.717) is 6.07 Å². The van der Waals surface area contributed by atoms with Crippen LogP contribution in [-0.2, 0) is 4.79 Å². The first kappa shape index (κ1) is 13.8. The maximum atomic E-state index is 13.1. The highest BCUT2D eigenvalue weighted by Crippen LogP contribution is 2.14. The molecule has 0 aliphatic heterocycles. The molecule has 0 unspecified atom stereocenters. The molecule has 0 aliphatic rings. The Bertz CT molecular complexity index is 467. The number of urea groups is 1. The van der Waals surface area contributed by atoms with Crippen LogP contribution < -0.4 is 10.6 Å². The second kappa shape index (κ2) is 5.92. The van der Waals surface area contributed by atoms with Crippen molar-refractivity contribution < 1.29 is 28.6 Å². The number of carbonyl (C=O) groups is 2. The maximum Gasteiger partial charge on any atom is 0.334 e. The van der Waals surface area contributed by atoms with Crippen molar-refractivity contribution in [2.24, 2.45) is 0 Å². The first-order chi connectivity index (χ1) is 8.40. The van der Waals surface area contributed by atoms with Crippen LogP contribution in [0.4, 0.5) is 19.3 Å². The van der Waals surface area contributed by atoms with Gasteiger partial charge in [0.25, 0.3) is 0 Å². The summed E-state index contributed by atoms with van der Waals surface area (Å²) in [6.07, 6.45) is -1.76. The molecule has 0 aromatic heterocycles. The minimum atomic E-state index is -1.76. The average Bonchev–Trinajstić information content (AvgIpc) is 2.29. The zero-order valence-corrected chi connectivity index (χ0v) is 8.98. The van der Waals surface area contributed by atoms with Crippen molar-refractivity contribution in [1.29, 1.82) is 0 Å². The lowest BCUT2D eigenvalue weighted by Gasteiger charge is -2.09. The van der Waals surface area contributed by atoms with Crippen LogP contribution in [0.1, 0.15) is 0 Å². The number of aliphatic hydroxyl groups is 1. The van der Waals surface area contributed by atoms with E-state index in [4.69, 9.17) is 10.2 Å². The van der Waals surface area contributed by atoms with Crippen molar-refractivity contribution in [1.82, 2.24) is 5.32 Å². The molecule has 18 heavy (non-hydrogen) atoms. The molecule has 6 nitrogen and oxygen atoms in total. The summed E-state index contributed by atoms with van der Waals surface area (Å²) in [4.78, 5) is 21.4. The Hall–Kier alpha value is -2.22. The lowest BCUT2D eigenvalue weighted by atomic mass is 10.3. The van der Waals surface area contributed by atoms with E-state index in [1.54, 1.807) is 0 Å². The summed E-state index contributed by atoms with van der Waals surface area (Å²) >= 11 is 0. The third-order valence-electron chi connectivity index (χ3n) is 1.92. The molecule has 1 rings (SSSR count). The van der Waals surface area contributed by atoms with Crippen LogP contribution in [0.3, 0.4) is 0 Å². The number of halogens is 2. The molecule has 0 saturated carbocycles. The smallest absolute Gasteiger partial charge is 0.334 e. The quantitative estimate of drug-likeness (QED) is 0.634. The predicted molar refractivity (Wildman–Crippen MR) is 57.0 cm³/mol. The van der Waals surface area contributed by atoms with Gasteiger partial charge in [-0.3, -0.25) is 0 Å². The summed E-state index contributed by atoms with van der Waals surface area (Å²) in [7, 11) is 0. The van der Waals surface area contributed by atoms with Crippen molar-refractivity contribution in [3.05, 3.63) is 29.8 Å². The number of carboxylic acids is 1. The highest BCUT2D eigenvalue weighted by molar-refractivity contribution is 5.89. The van der Waals surface area contributed by atoms with Crippen molar-refractivity contribution in [2.75, 3.05) is 11.9 Å². The molecule has 0 radical (unpaired) electrons. The number of carboxylic acid groups (broad SMARTS) is 1. The second-order valence-corrected chi connectivity index (χ2v) is 3.31. The zero-order chi connectivity index (χ0) is 13.7. The molecule has 98 valence electrons. The Morgan fingerprint density at radius 2 is 2.00 bits per heavy atom. The van der Waals surface area contributed by atoms with Crippen LogP contribution in [0.15, 0.2) is 18.2 Å². The Labute approximate surface area is 100 Å². The Morgan fingerprint density at radius 3 is 2.56 bits per heavy atom. The Kier molecular flexibility index (Phi) is 4.55. The molecule has 1 aromatic carbocycles. The molecule has 1 aromatic rings. The maximum absolute atomic E-state index is 13.1. The molecule has 4 N–H and O–H groups in total. The lowest BCUT2D eigenvalue weighted by Crippen LogP contribution is -2.38. The van der Waals surface area contributed by atoms with Crippen LogP contribution in [0, 0.1) is 11.6 Å². The molecular weight excluding hydrogens is 250 g/mol. The highest BCUT2D eigenvalue weighted by Gasteiger charge is 2.14. The van der Waals surface area contributed by atoms with Crippen LogP contribution in [0.2, 0.25) is 0 Å². The van der Waals surface area contributed by atoms with Gasteiger partial charge < -0.3 is 20.8 Å². The lowest BCUT2D eigenvalue weighted by molar-refractivity contribution is -0.146. The van der Waals surface area contributed by atoms with Crippen LogP contribution in [0.25, 0.3) is 0 Å². The van der Waals surface area contributed by atoms with Crippen LogP contribution >= 0.6 is 0 Å².